The van der Waals surface area contributed by atoms with Gasteiger partial charge in [0.25, 0.3) is 0 Å². The summed E-state index contributed by atoms with van der Waals surface area (Å²) in [6.07, 6.45) is -0.909. The number of carbonyl (C=O) groups is 6. The Labute approximate surface area is 150 Å². The number of imide groups is 2. The first-order valence-corrected chi connectivity index (χ1v) is 7.73. The lowest BCUT2D eigenvalue weighted by atomic mass is 10.0. The molecule has 4 amide bonds. The molecule has 1 aromatic carbocycles. The molecule has 2 fully saturated rings. The zero-order valence-electron chi connectivity index (χ0n) is 13.6. The van der Waals surface area contributed by atoms with Crippen molar-refractivity contribution in [2.75, 3.05) is 9.80 Å². The first kappa shape index (κ1) is 18.0. The molecule has 0 radical (unpaired) electrons. The zero-order chi connectivity index (χ0) is 20.0. The van der Waals surface area contributed by atoms with Crippen LogP contribution in [0.15, 0.2) is 6.07 Å². The fraction of sp³-hybridized carbons (Fsp3) is 0.250. The third-order valence-electron chi connectivity index (χ3n) is 4.26. The van der Waals surface area contributed by atoms with Gasteiger partial charge in [0.1, 0.15) is 11.4 Å². The molecule has 0 unspecified atom stereocenters. The van der Waals surface area contributed by atoms with E-state index in [0.29, 0.717) is 15.9 Å². The van der Waals surface area contributed by atoms with Gasteiger partial charge in [0, 0.05) is 25.7 Å². The minimum absolute atomic E-state index is 0.227. The molecule has 140 valence electrons. The van der Waals surface area contributed by atoms with Gasteiger partial charge in [-0.15, -0.1) is 0 Å². The molecule has 11 nitrogen and oxygen atoms in total. The average Bonchev–Trinajstić information content (AvgIpc) is 3.09. The molecule has 1 aromatic rings. The summed E-state index contributed by atoms with van der Waals surface area (Å²) in [7, 11) is 0. The number of benzene rings is 1. The Morgan fingerprint density at radius 3 is 1.26 bits per heavy atom. The number of nitrogens with zero attached hydrogens (tertiary/aromatic N) is 2. The third kappa shape index (κ3) is 2.69. The Kier molecular flexibility index (Phi) is 4.14. The predicted molar refractivity (Wildman–Crippen MR) is 85.5 cm³/mol. The number of aromatic hydroxyl groups is 1. The number of rotatable bonds is 4. The number of carbonyl (C=O) groups excluding carboxylic acids is 4. The van der Waals surface area contributed by atoms with E-state index in [2.05, 4.69) is 0 Å². The second-order valence-corrected chi connectivity index (χ2v) is 5.87. The lowest BCUT2D eigenvalue weighted by molar-refractivity contribution is -0.122. The summed E-state index contributed by atoms with van der Waals surface area (Å²) in [5.74, 6) is -7.73. The van der Waals surface area contributed by atoms with E-state index in [0.717, 1.165) is 0 Å². The lowest BCUT2D eigenvalue weighted by Gasteiger charge is -2.24. The van der Waals surface area contributed by atoms with Gasteiger partial charge in [0.05, 0.1) is 11.1 Å². The summed E-state index contributed by atoms with van der Waals surface area (Å²) in [6, 6.07) is 0.604. The number of hydrogen-bond acceptors (Lipinski definition) is 7. The second-order valence-electron chi connectivity index (χ2n) is 5.87. The minimum Gasteiger partial charge on any atom is -0.504 e. The highest BCUT2D eigenvalue weighted by Crippen LogP contribution is 2.45. The molecule has 0 spiro atoms. The summed E-state index contributed by atoms with van der Waals surface area (Å²) >= 11 is 0. The highest BCUT2D eigenvalue weighted by Gasteiger charge is 2.41. The van der Waals surface area contributed by atoms with E-state index in [-0.39, 0.29) is 25.7 Å². The maximum absolute atomic E-state index is 12.0. The van der Waals surface area contributed by atoms with Crippen molar-refractivity contribution in [3.63, 3.8) is 0 Å². The van der Waals surface area contributed by atoms with Crippen LogP contribution in [0.25, 0.3) is 0 Å². The van der Waals surface area contributed by atoms with Crippen LogP contribution in [-0.2, 0) is 19.2 Å². The fourth-order valence-corrected chi connectivity index (χ4v) is 3.08. The Bertz CT molecular complexity index is 845. The summed E-state index contributed by atoms with van der Waals surface area (Å²) in [6.45, 7) is 0. The van der Waals surface area contributed by atoms with Crippen LogP contribution >= 0.6 is 0 Å². The van der Waals surface area contributed by atoms with E-state index in [1.54, 1.807) is 0 Å². The van der Waals surface area contributed by atoms with Crippen molar-refractivity contribution in [3.8, 4) is 5.75 Å². The molecular formula is C16H12N2O9. The third-order valence-corrected chi connectivity index (χ3v) is 4.26. The number of phenols is 1. The molecule has 3 N–H and O–H groups in total. The van der Waals surface area contributed by atoms with Crippen LogP contribution in [0.1, 0.15) is 46.4 Å². The molecule has 2 saturated heterocycles. The number of carboxylic acid groups (broad SMARTS) is 2. The molecular weight excluding hydrogens is 364 g/mol. The maximum Gasteiger partial charge on any atom is 0.338 e. The van der Waals surface area contributed by atoms with Crippen LogP contribution in [0, 0.1) is 0 Å². The van der Waals surface area contributed by atoms with Gasteiger partial charge in [0.15, 0.2) is 5.75 Å². The Balaban J connectivity index is 2.38. The van der Waals surface area contributed by atoms with Gasteiger partial charge in [-0.2, -0.15) is 0 Å². The molecule has 3 rings (SSSR count). The van der Waals surface area contributed by atoms with Crippen molar-refractivity contribution < 1.29 is 44.1 Å². The van der Waals surface area contributed by atoms with Gasteiger partial charge < -0.3 is 15.3 Å². The number of aromatic carboxylic acids is 2. The summed E-state index contributed by atoms with van der Waals surface area (Å²) in [4.78, 5) is 72.1. The van der Waals surface area contributed by atoms with E-state index in [1.807, 2.05) is 0 Å². The maximum atomic E-state index is 12.0. The molecule has 11 heteroatoms. The second kappa shape index (κ2) is 6.20. The highest BCUT2D eigenvalue weighted by molar-refractivity contribution is 6.27. The van der Waals surface area contributed by atoms with Gasteiger partial charge >= 0.3 is 11.9 Å². The molecule has 2 aliphatic heterocycles. The molecule has 0 atom stereocenters. The lowest BCUT2D eigenvalue weighted by Crippen LogP contribution is -2.33. The molecule has 2 aliphatic rings. The van der Waals surface area contributed by atoms with E-state index >= 15 is 0 Å². The Hall–Kier alpha value is -3.76. The standard InChI is InChI=1S/C16H12N2O9/c19-8-1-2-9(20)17(8)12-6(15(24)25)5-7(16(26)27)13(14(12)23)18-10(21)3-4-11(18)22/h5,23H,1-4H2,(H,24,25)(H,26,27). The molecule has 2 heterocycles. The fourth-order valence-electron chi connectivity index (χ4n) is 3.08. The smallest absolute Gasteiger partial charge is 0.338 e. The van der Waals surface area contributed by atoms with Crippen molar-refractivity contribution in [3.05, 3.63) is 17.2 Å². The van der Waals surface area contributed by atoms with Gasteiger partial charge in [-0.1, -0.05) is 0 Å². The van der Waals surface area contributed by atoms with Crippen LogP contribution < -0.4 is 9.80 Å². The van der Waals surface area contributed by atoms with Gasteiger partial charge in [0.2, 0.25) is 23.6 Å². The normalized spacial score (nSPS) is 17.2. The molecule has 0 bridgehead atoms. The Morgan fingerprint density at radius 1 is 0.704 bits per heavy atom. The highest BCUT2D eigenvalue weighted by atomic mass is 16.4. The molecule has 0 saturated carbocycles. The van der Waals surface area contributed by atoms with E-state index in [4.69, 9.17) is 0 Å². The van der Waals surface area contributed by atoms with Gasteiger partial charge in [-0.25, -0.2) is 19.4 Å². The topological polar surface area (TPSA) is 170 Å². The minimum atomic E-state index is -1.71. The van der Waals surface area contributed by atoms with Crippen molar-refractivity contribution in [2.24, 2.45) is 0 Å². The summed E-state index contributed by atoms with van der Waals surface area (Å²) < 4.78 is 0. The first-order chi connectivity index (χ1) is 12.6. The molecule has 0 aliphatic carbocycles. The van der Waals surface area contributed by atoms with Crippen LogP contribution in [0.3, 0.4) is 0 Å². The van der Waals surface area contributed by atoms with Crippen LogP contribution in [0.4, 0.5) is 11.4 Å². The van der Waals surface area contributed by atoms with E-state index in [1.165, 1.54) is 0 Å². The van der Waals surface area contributed by atoms with E-state index in [9.17, 15) is 44.1 Å². The molecule has 0 aromatic heterocycles. The monoisotopic (exact) mass is 376 g/mol. The molecule has 27 heavy (non-hydrogen) atoms. The van der Waals surface area contributed by atoms with Crippen molar-refractivity contribution in [1.82, 2.24) is 0 Å². The van der Waals surface area contributed by atoms with Crippen LogP contribution in [0.5, 0.6) is 5.75 Å². The largest absolute Gasteiger partial charge is 0.504 e. The average molecular weight is 376 g/mol. The van der Waals surface area contributed by atoms with Gasteiger partial charge in [-0.3, -0.25) is 19.2 Å². The number of phenolic OH excluding ortho intramolecular Hbond substituents is 1. The van der Waals surface area contributed by atoms with Crippen molar-refractivity contribution in [2.45, 2.75) is 25.7 Å². The first-order valence-electron chi connectivity index (χ1n) is 7.73. The van der Waals surface area contributed by atoms with Gasteiger partial charge in [-0.05, 0) is 6.07 Å². The van der Waals surface area contributed by atoms with Crippen molar-refractivity contribution in [1.29, 1.82) is 0 Å². The summed E-state index contributed by atoms with van der Waals surface area (Å²) in [5, 5.41) is 29.4. The summed E-state index contributed by atoms with van der Waals surface area (Å²) in [5.41, 5.74) is -3.17. The van der Waals surface area contributed by atoms with Crippen LogP contribution in [0.2, 0.25) is 0 Å². The van der Waals surface area contributed by atoms with Crippen molar-refractivity contribution >= 4 is 46.9 Å². The number of amides is 4. The van der Waals surface area contributed by atoms with E-state index < -0.39 is 63.8 Å². The number of anilines is 2. The quantitative estimate of drug-likeness (QED) is 0.616. The number of carboxylic acids is 2. The zero-order valence-corrected chi connectivity index (χ0v) is 13.6. The Morgan fingerprint density at radius 2 is 1.00 bits per heavy atom. The predicted octanol–water partition coefficient (Wildman–Crippen LogP) is 0.0954. The SMILES string of the molecule is O=C(O)c1cc(C(=O)O)c(N2C(=O)CCC2=O)c(O)c1N1C(=O)CCC1=O. The number of hydrogen-bond donors (Lipinski definition) is 3. The van der Waals surface area contributed by atoms with Crippen LogP contribution in [-0.4, -0.2) is 50.9 Å².